The van der Waals surface area contributed by atoms with E-state index in [0.29, 0.717) is 0 Å². The fraction of sp³-hybridized carbons (Fsp3) is 0.875. The second-order valence-electron chi connectivity index (χ2n) is 2.51. The molecule has 0 heterocycles. The molecule has 4 nitrogen and oxygen atoms in total. The van der Waals surface area contributed by atoms with Crippen molar-refractivity contribution in [2.24, 2.45) is 11.5 Å². The van der Waals surface area contributed by atoms with Crippen molar-refractivity contribution in [1.82, 2.24) is 0 Å². The molecule has 0 saturated carbocycles. The summed E-state index contributed by atoms with van der Waals surface area (Å²) >= 11 is 0. The van der Waals surface area contributed by atoms with Gasteiger partial charge in [-0.3, -0.25) is 4.79 Å². The van der Waals surface area contributed by atoms with Gasteiger partial charge in [-0.15, -0.1) is 0 Å². The topological polar surface area (TPSA) is 89.3 Å². The van der Waals surface area contributed by atoms with E-state index in [2.05, 4.69) is 0 Å². The number of rotatable bonds is 5. The van der Waals surface area contributed by atoms with Gasteiger partial charge >= 0.3 is 0 Å². The smallest absolute Gasteiger partial charge is 0.300 e. The van der Waals surface area contributed by atoms with Crippen LogP contribution in [0.5, 0.6) is 0 Å². The third-order valence-electron chi connectivity index (χ3n) is 1.16. The van der Waals surface area contributed by atoms with E-state index >= 15 is 0 Å². The molecule has 12 heavy (non-hydrogen) atoms. The maximum absolute atomic E-state index is 9.00. The number of carboxylic acids is 1. The van der Waals surface area contributed by atoms with Gasteiger partial charge in [0.2, 0.25) is 0 Å². The van der Waals surface area contributed by atoms with Crippen LogP contribution >= 0.6 is 0 Å². The van der Waals surface area contributed by atoms with Crippen LogP contribution in [-0.4, -0.2) is 24.2 Å². The lowest BCUT2D eigenvalue weighted by Crippen LogP contribution is -2.00. The van der Waals surface area contributed by atoms with Gasteiger partial charge in [0.05, 0.1) is 0 Å². The van der Waals surface area contributed by atoms with E-state index in [1.54, 1.807) is 0 Å². The van der Waals surface area contributed by atoms with E-state index in [-0.39, 0.29) is 0 Å². The van der Waals surface area contributed by atoms with Crippen LogP contribution in [0.2, 0.25) is 0 Å². The molecule has 0 aromatic carbocycles. The summed E-state index contributed by atoms with van der Waals surface area (Å²) in [6, 6.07) is 0. The zero-order chi connectivity index (χ0) is 9.82. The molecular formula is C8H20N2O2. The van der Waals surface area contributed by atoms with Gasteiger partial charge in [0.1, 0.15) is 0 Å². The molecule has 0 aromatic rings. The third-order valence-corrected chi connectivity index (χ3v) is 1.16. The Morgan fingerprint density at radius 2 is 1.33 bits per heavy atom. The number of nitrogens with two attached hydrogens (primary N) is 2. The number of unbranched alkanes of at least 4 members (excludes halogenated alkanes) is 3. The van der Waals surface area contributed by atoms with Crippen LogP contribution in [0.15, 0.2) is 0 Å². The van der Waals surface area contributed by atoms with Crippen molar-refractivity contribution in [3.05, 3.63) is 0 Å². The van der Waals surface area contributed by atoms with E-state index in [1.807, 2.05) is 0 Å². The van der Waals surface area contributed by atoms with Gasteiger partial charge in [-0.2, -0.15) is 0 Å². The van der Waals surface area contributed by atoms with Crippen molar-refractivity contribution >= 4 is 5.97 Å². The summed E-state index contributed by atoms with van der Waals surface area (Å²) < 4.78 is 0. The zero-order valence-corrected chi connectivity index (χ0v) is 7.75. The standard InChI is InChI=1S/C6H16N2.C2H4O2/c7-5-3-1-2-4-6-8;1-2(3)4/h1-8H2;1H3,(H,3,4). The second-order valence-corrected chi connectivity index (χ2v) is 2.51. The summed E-state index contributed by atoms with van der Waals surface area (Å²) in [4.78, 5) is 9.00. The minimum Gasteiger partial charge on any atom is -0.481 e. The summed E-state index contributed by atoms with van der Waals surface area (Å²) in [6.07, 6.45) is 4.79. The molecule has 4 heteroatoms. The maximum Gasteiger partial charge on any atom is 0.300 e. The molecule has 0 rings (SSSR count). The molecule has 0 atom stereocenters. The Balaban J connectivity index is 0. The Kier molecular flexibility index (Phi) is 15.1. The average Bonchev–Trinajstić information content (AvgIpc) is 1.97. The van der Waals surface area contributed by atoms with Gasteiger partial charge in [-0.05, 0) is 25.9 Å². The highest BCUT2D eigenvalue weighted by atomic mass is 16.4. The lowest BCUT2D eigenvalue weighted by atomic mass is 10.2. The summed E-state index contributed by atoms with van der Waals surface area (Å²) in [5.74, 6) is -0.833. The largest absolute Gasteiger partial charge is 0.481 e. The summed E-state index contributed by atoms with van der Waals surface area (Å²) in [6.45, 7) is 2.73. The van der Waals surface area contributed by atoms with Gasteiger partial charge in [-0.1, -0.05) is 12.8 Å². The first-order valence-corrected chi connectivity index (χ1v) is 4.24. The molecule has 0 unspecified atom stereocenters. The van der Waals surface area contributed by atoms with Crippen LogP contribution in [0.25, 0.3) is 0 Å². The van der Waals surface area contributed by atoms with Crippen molar-refractivity contribution in [2.75, 3.05) is 13.1 Å². The quantitative estimate of drug-likeness (QED) is 0.534. The summed E-state index contributed by atoms with van der Waals surface area (Å²) in [5, 5.41) is 7.42. The van der Waals surface area contributed by atoms with E-state index < -0.39 is 5.97 Å². The maximum atomic E-state index is 9.00. The molecule has 0 bridgehead atoms. The molecule has 5 N–H and O–H groups in total. The van der Waals surface area contributed by atoms with Crippen molar-refractivity contribution in [3.8, 4) is 0 Å². The van der Waals surface area contributed by atoms with Gasteiger partial charge in [0.15, 0.2) is 0 Å². The molecule has 0 aliphatic rings. The zero-order valence-electron chi connectivity index (χ0n) is 7.75. The predicted molar refractivity (Wildman–Crippen MR) is 49.9 cm³/mol. The lowest BCUT2D eigenvalue weighted by molar-refractivity contribution is -0.134. The number of hydrogen-bond acceptors (Lipinski definition) is 3. The fourth-order valence-corrected chi connectivity index (χ4v) is 0.642. The summed E-state index contributed by atoms with van der Waals surface area (Å²) in [5.41, 5.74) is 10.6. The third kappa shape index (κ3) is 34.3. The van der Waals surface area contributed by atoms with Crippen LogP contribution < -0.4 is 11.5 Å². The Morgan fingerprint density at radius 3 is 1.50 bits per heavy atom. The van der Waals surface area contributed by atoms with Crippen molar-refractivity contribution in [1.29, 1.82) is 0 Å². The van der Waals surface area contributed by atoms with Gasteiger partial charge in [0, 0.05) is 6.92 Å². The minimum absolute atomic E-state index is 0.824. The van der Waals surface area contributed by atoms with Gasteiger partial charge < -0.3 is 16.6 Å². The van der Waals surface area contributed by atoms with Crippen LogP contribution in [0.1, 0.15) is 32.6 Å². The summed E-state index contributed by atoms with van der Waals surface area (Å²) in [7, 11) is 0. The molecular weight excluding hydrogens is 156 g/mol. The van der Waals surface area contributed by atoms with Gasteiger partial charge in [-0.25, -0.2) is 0 Å². The Hall–Kier alpha value is -0.610. The molecule has 0 saturated heterocycles. The molecule has 74 valence electrons. The van der Waals surface area contributed by atoms with Crippen LogP contribution in [-0.2, 0) is 4.79 Å². The molecule has 0 spiro atoms. The van der Waals surface area contributed by atoms with E-state index in [4.69, 9.17) is 21.4 Å². The second kappa shape index (κ2) is 13.0. The van der Waals surface area contributed by atoms with Crippen LogP contribution in [0, 0.1) is 0 Å². The van der Waals surface area contributed by atoms with Crippen molar-refractivity contribution in [2.45, 2.75) is 32.6 Å². The molecule has 0 fully saturated rings. The molecule has 0 radical (unpaired) electrons. The Labute approximate surface area is 73.9 Å². The highest BCUT2D eigenvalue weighted by molar-refractivity contribution is 5.62. The van der Waals surface area contributed by atoms with E-state index in [1.165, 1.54) is 12.8 Å². The average molecular weight is 176 g/mol. The van der Waals surface area contributed by atoms with Crippen LogP contribution in [0.3, 0.4) is 0 Å². The lowest BCUT2D eigenvalue weighted by Gasteiger charge is -1.94. The molecule has 0 amide bonds. The normalized spacial score (nSPS) is 8.58. The highest BCUT2D eigenvalue weighted by Gasteiger charge is 1.83. The minimum atomic E-state index is -0.833. The molecule has 0 aromatic heterocycles. The highest BCUT2D eigenvalue weighted by Crippen LogP contribution is 1.95. The Morgan fingerprint density at radius 1 is 1.08 bits per heavy atom. The van der Waals surface area contributed by atoms with Crippen LogP contribution in [0.4, 0.5) is 0 Å². The monoisotopic (exact) mass is 176 g/mol. The Bertz CT molecular complexity index is 87.1. The van der Waals surface area contributed by atoms with E-state index in [0.717, 1.165) is 32.9 Å². The number of carbonyl (C=O) groups is 1. The first-order valence-electron chi connectivity index (χ1n) is 4.24. The first-order chi connectivity index (χ1) is 5.65. The number of hydrogen-bond donors (Lipinski definition) is 3. The number of carboxylic acid groups (broad SMARTS) is 1. The molecule has 0 aliphatic carbocycles. The van der Waals surface area contributed by atoms with E-state index in [9.17, 15) is 0 Å². The predicted octanol–water partition coefficient (Wildman–Crippen LogP) is 0.555. The SMILES string of the molecule is CC(=O)O.NCCCCCCN. The fourth-order valence-electron chi connectivity index (χ4n) is 0.642. The number of aliphatic carboxylic acids is 1. The van der Waals surface area contributed by atoms with Gasteiger partial charge in [0.25, 0.3) is 5.97 Å². The molecule has 0 aliphatic heterocycles. The first kappa shape index (κ1) is 13.9. The van der Waals surface area contributed by atoms with Crippen molar-refractivity contribution in [3.63, 3.8) is 0 Å². The van der Waals surface area contributed by atoms with Crippen molar-refractivity contribution < 1.29 is 9.90 Å².